The molecule has 0 fully saturated rings. The van der Waals surface area contributed by atoms with Gasteiger partial charge in [0.05, 0.1) is 12.8 Å². The van der Waals surface area contributed by atoms with Crippen molar-refractivity contribution >= 4 is 23.4 Å². The van der Waals surface area contributed by atoms with E-state index in [1.165, 1.54) is 24.5 Å². The summed E-state index contributed by atoms with van der Waals surface area (Å²) in [6, 6.07) is 9.26. The predicted octanol–water partition coefficient (Wildman–Crippen LogP) is 2.09. The van der Waals surface area contributed by atoms with Crippen LogP contribution in [-0.2, 0) is 6.54 Å². The lowest BCUT2D eigenvalue weighted by Crippen LogP contribution is -2.26. The molecule has 4 N–H and O–H groups in total. The van der Waals surface area contributed by atoms with Crippen molar-refractivity contribution in [1.82, 2.24) is 20.3 Å². The Hall–Kier alpha value is -3.59. The van der Waals surface area contributed by atoms with Crippen LogP contribution >= 0.6 is 0 Å². The number of aliphatic hydroxyl groups excluding tert-OH is 1. The summed E-state index contributed by atoms with van der Waals surface area (Å²) >= 11 is 0. The van der Waals surface area contributed by atoms with Gasteiger partial charge in [-0.15, -0.1) is 0 Å². The molecule has 144 valence electrons. The number of halogens is 1. The van der Waals surface area contributed by atoms with E-state index in [2.05, 4.69) is 30.9 Å². The zero-order valence-electron chi connectivity index (χ0n) is 14.9. The summed E-state index contributed by atoms with van der Waals surface area (Å²) in [4.78, 5) is 24.8. The van der Waals surface area contributed by atoms with E-state index in [0.717, 1.165) is 5.56 Å². The largest absolute Gasteiger partial charge is 0.395 e. The van der Waals surface area contributed by atoms with E-state index in [0.29, 0.717) is 29.6 Å². The Morgan fingerprint density at radius 3 is 2.57 bits per heavy atom. The number of carbonyl (C=O) groups excluding carboxylic acids is 1. The van der Waals surface area contributed by atoms with Crippen molar-refractivity contribution in [3.63, 3.8) is 0 Å². The van der Waals surface area contributed by atoms with Crippen LogP contribution in [-0.4, -0.2) is 39.1 Å². The highest BCUT2D eigenvalue weighted by molar-refractivity contribution is 5.95. The molecular formula is C19H19FN6O2. The third-order valence-corrected chi connectivity index (χ3v) is 3.69. The van der Waals surface area contributed by atoms with Crippen molar-refractivity contribution in [2.45, 2.75) is 6.54 Å². The number of aromatic nitrogens is 3. The summed E-state index contributed by atoms with van der Waals surface area (Å²) in [6.45, 7) is 0.392. The zero-order chi connectivity index (χ0) is 19.8. The molecule has 0 radical (unpaired) electrons. The van der Waals surface area contributed by atoms with Gasteiger partial charge in [-0.1, -0.05) is 12.1 Å². The topological polar surface area (TPSA) is 112 Å². The van der Waals surface area contributed by atoms with Crippen molar-refractivity contribution in [2.75, 3.05) is 23.8 Å². The summed E-state index contributed by atoms with van der Waals surface area (Å²) < 4.78 is 13.0. The number of nitrogens with one attached hydrogen (secondary N) is 3. The number of anilines is 3. The predicted molar refractivity (Wildman–Crippen MR) is 103 cm³/mol. The lowest BCUT2D eigenvalue weighted by Gasteiger charge is -2.12. The Morgan fingerprint density at radius 2 is 1.86 bits per heavy atom. The molecule has 1 amide bonds. The van der Waals surface area contributed by atoms with Gasteiger partial charge in [-0.25, -0.2) is 14.4 Å². The Morgan fingerprint density at radius 1 is 1.07 bits per heavy atom. The van der Waals surface area contributed by atoms with Crippen molar-refractivity contribution in [2.24, 2.45) is 0 Å². The molecule has 28 heavy (non-hydrogen) atoms. The molecule has 8 nitrogen and oxygen atoms in total. The molecule has 0 atom stereocenters. The van der Waals surface area contributed by atoms with Gasteiger partial charge in [0.15, 0.2) is 0 Å². The van der Waals surface area contributed by atoms with Crippen LogP contribution in [0.15, 0.2) is 55.0 Å². The lowest BCUT2D eigenvalue weighted by atomic mass is 10.2. The van der Waals surface area contributed by atoms with Crippen LogP contribution in [0.2, 0.25) is 0 Å². The van der Waals surface area contributed by atoms with Crippen LogP contribution in [0.3, 0.4) is 0 Å². The maximum atomic E-state index is 13.0. The standard InChI is InChI=1S/C19H19FN6O2/c20-15-3-1-13(2-4-15)11-24-16-9-14(19(28)23-7-8-27)10-17(25-16)26-18-12-21-5-6-22-18/h1-6,9-10,12,27H,7-8,11H2,(H,23,28)(H2,22,24,25,26). The van der Waals surface area contributed by atoms with Crippen LogP contribution in [0.25, 0.3) is 0 Å². The number of amides is 1. The number of hydrogen-bond donors (Lipinski definition) is 4. The molecule has 2 aromatic heterocycles. The first kappa shape index (κ1) is 19.2. The highest BCUT2D eigenvalue weighted by Crippen LogP contribution is 2.18. The number of nitrogens with zero attached hydrogens (tertiary/aromatic N) is 3. The Kier molecular flexibility index (Phi) is 6.42. The highest BCUT2D eigenvalue weighted by Gasteiger charge is 2.10. The highest BCUT2D eigenvalue weighted by atomic mass is 19.1. The number of aliphatic hydroxyl groups is 1. The molecule has 3 rings (SSSR count). The quantitative estimate of drug-likeness (QED) is 0.472. The van der Waals surface area contributed by atoms with Gasteiger partial charge in [0, 0.05) is 31.0 Å². The second-order valence-electron chi connectivity index (χ2n) is 5.80. The molecule has 0 bridgehead atoms. The van der Waals surface area contributed by atoms with Gasteiger partial charge in [-0.2, -0.15) is 0 Å². The van der Waals surface area contributed by atoms with E-state index in [-0.39, 0.29) is 24.9 Å². The van der Waals surface area contributed by atoms with Crippen LogP contribution < -0.4 is 16.0 Å². The van der Waals surface area contributed by atoms with Gasteiger partial charge in [-0.05, 0) is 29.8 Å². The van der Waals surface area contributed by atoms with Gasteiger partial charge in [0.25, 0.3) is 5.91 Å². The molecule has 0 spiro atoms. The van der Waals surface area contributed by atoms with E-state index >= 15 is 0 Å². The molecule has 2 heterocycles. The molecule has 0 aliphatic carbocycles. The first-order chi connectivity index (χ1) is 13.6. The molecule has 0 aliphatic rings. The minimum absolute atomic E-state index is 0.145. The van der Waals surface area contributed by atoms with Gasteiger partial charge < -0.3 is 21.1 Å². The Bertz CT molecular complexity index is 921. The molecule has 9 heteroatoms. The first-order valence-electron chi connectivity index (χ1n) is 8.56. The van der Waals surface area contributed by atoms with Crippen molar-refractivity contribution < 1.29 is 14.3 Å². The minimum atomic E-state index is -0.344. The summed E-state index contributed by atoms with van der Waals surface area (Å²) in [7, 11) is 0. The number of hydrogen-bond acceptors (Lipinski definition) is 7. The van der Waals surface area contributed by atoms with Gasteiger partial charge in [-0.3, -0.25) is 9.78 Å². The van der Waals surface area contributed by atoms with E-state index in [1.807, 2.05) is 0 Å². The van der Waals surface area contributed by atoms with Crippen LogP contribution in [0.4, 0.5) is 21.8 Å². The summed E-state index contributed by atoms with van der Waals surface area (Å²) in [5, 5.41) is 17.6. The second-order valence-corrected chi connectivity index (χ2v) is 5.80. The number of benzene rings is 1. The van der Waals surface area contributed by atoms with Crippen molar-refractivity contribution in [3.8, 4) is 0 Å². The number of carbonyl (C=O) groups is 1. The third-order valence-electron chi connectivity index (χ3n) is 3.69. The Labute approximate surface area is 160 Å². The van der Waals surface area contributed by atoms with Crippen LogP contribution in [0, 0.1) is 5.82 Å². The van der Waals surface area contributed by atoms with Gasteiger partial charge in [0.1, 0.15) is 23.3 Å². The summed E-state index contributed by atoms with van der Waals surface area (Å²) in [5.74, 6) is 0.682. The number of pyridine rings is 1. The molecule has 0 unspecified atom stereocenters. The summed E-state index contributed by atoms with van der Waals surface area (Å²) in [6.07, 6.45) is 4.62. The average Bonchev–Trinajstić information content (AvgIpc) is 2.72. The smallest absolute Gasteiger partial charge is 0.251 e. The fourth-order valence-electron chi connectivity index (χ4n) is 2.38. The van der Waals surface area contributed by atoms with E-state index < -0.39 is 0 Å². The second kappa shape index (κ2) is 9.38. The van der Waals surface area contributed by atoms with Crippen LogP contribution in [0.5, 0.6) is 0 Å². The zero-order valence-corrected chi connectivity index (χ0v) is 14.9. The molecule has 0 aliphatic heterocycles. The van der Waals surface area contributed by atoms with E-state index in [4.69, 9.17) is 5.11 Å². The molecule has 1 aromatic carbocycles. The fraction of sp³-hybridized carbons (Fsp3) is 0.158. The minimum Gasteiger partial charge on any atom is -0.395 e. The fourth-order valence-corrected chi connectivity index (χ4v) is 2.38. The molecule has 3 aromatic rings. The SMILES string of the molecule is O=C(NCCO)c1cc(NCc2ccc(F)cc2)nc(Nc2cnccn2)c1. The van der Waals surface area contributed by atoms with E-state index in [1.54, 1.807) is 30.5 Å². The average molecular weight is 382 g/mol. The Balaban J connectivity index is 1.81. The maximum Gasteiger partial charge on any atom is 0.251 e. The normalized spacial score (nSPS) is 10.4. The van der Waals surface area contributed by atoms with Gasteiger partial charge in [0.2, 0.25) is 0 Å². The molecule has 0 saturated heterocycles. The van der Waals surface area contributed by atoms with Crippen molar-refractivity contribution in [3.05, 3.63) is 71.9 Å². The first-order valence-corrected chi connectivity index (χ1v) is 8.56. The van der Waals surface area contributed by atoms with Gasteiger partial charge >= 0.3 is 0 Å². The third kappa shape index (κ3) is 5.45. The van der Waals surface area contributed by atoms with E-state index in [9.17, 15) is 9.18 Å². The molecule has 0 saturated carbocycles. The van der Waals surface area contributed by atoms with Crippen molar-refractivity contribution in [1.29, 1.82) is 0 Å². The number of rotatable bonds is 8. The summed E-state index contributed by atoms with van der Waals surface area (Å²) in [5.41, 5.74) is 1.22. The lowest BCUT2D eigenvalue weighted by molar-refractivity contribution is 0.0944. The maximum absolute atomic E-state index is 13.0. The van der Waals surface area contributed by atoms with Crippen LogP contribution in [0.1, 0.15) is 15.9 Å². The molecular weight excluding hydrogens is 363 g/mol. The monoisotopic (exact) mass is 382 g/mol.